The molecule has 0 aliphatic carbocycles. The van der Waals surface area contributed by atoms with Crippen LogP contribution in [-0.4, -0.2) is 39.3 Å². The second-order valence-corrected chi connectivity index (χ2v) is 9.11. The van der Waals surface area contributed by atoms with Crippen molar-refractivity contribution in [2.24, 2.45) is 0 Å². The number of carbonyl (C=O) groups excluding carboxylic acids is 1. The van der Waals surface area contributed by atoms with Gasteiger partial charge in [0.15, 0.2) is 15.9 Å². The third-order valence-electron chi connectivity index (χ3n) is 4.60. The lowest BCUT2D eigenvalue weighted by atomic mass is 10.2. The number of carbonyl (C=O) groups is 1. The van der Waals surface area contributed by atoms with E-state index in [4.69, 9.17) is 0 Å². The van der Waals surface area contributed by atoms with E-state index < -0.39 is 0 Å². The summed E-state index contributed by atoms with van der Waals surface area (Å²) in [7, 11) is 0. The van der Waals surface area contributed by atoms with Gasteiger partial charge in [-0.05, 0) is 52.3 Å². The second-order valence-electron chi connectivity index (χ2n) is 7.19. The van der Waals surface area contributed by atoms with E-state index in [0.717, 1.165) is 29.5 Å². The molecule has 0 fully saturated rings. The van der Waals surface area contributed by atoms with Gasteiger partial charge in [-0.15, -0.1) is 0 Å². The maximum absolute atomic E-state index is 13.1. The highest BCUT2D eigenvalue weighted by Crippen LogP contribution is 2.28. The number of hydrogen-bond donors (Lipinski definition) is 1. The van der Waals surface area contributed by atoms with Crippen LogP contribution in [0.3, 0.4) is 0 Å². The quantitative estimate of drug-likeness (QED) is 0.411. The summed E-state index contributed by atoms with van der Waals surface area (Å²) >= 11 is 2.64. The molecular formula is C21H27N5O2S2. The largest absolute Gasteiger partial charge is 0.349 e. The Morgan fingerprint density at radius 2 is 2.00 bits per heavy atom. The number of hydrogen-bond acceptors (Lipinski definition) is 7. The Hall–Kier alpha value is -2.39. The standard InChI is InChI=1S/C21H27N5O2S2/c1-6-25(7-2)20-23-18-17(30-20)19(28)26(13(3)4)21(24-18)29-12-16(27)22-15-10-8-9-14(5)11-15/h8-11,13H,6-7,12H2,1-5H3,(H,22,27). The van der Waals surface area contributed by atoms with Crippen LogP contribution in [0, 0.1) is 6.92 Å². The smallest absolute Gasteiger partial charge is 0.274 e. The predicted octanol–water partition coefficient (Wildman–Crippen LogP) is 4.32. The zero-order valence-corrected chi connectivity index (χ0v) is 19.6. The Kier molecular flexibility index (Phi) is 7.14. The third kappa shape index (κ3) is 4.84. The van der Waals surface area contributed by atoms with E-state index in [0.29, 0.717) is 15.5 Å². The molecule has 0 aliphatic rings. The van der Waals surface area contributed by atoms with Crippen LogP contribution in [0.1, 0.15) is 39.3 Å². The van der Waals surface area contributed by atoms with Gasteiger partial charge >= 0.3 is 0 Å². The molecule has 0 saturated heterocycles. The maximum atomic E-state index is 13.1. The Bertz CT molecular complexity index is 1100. The number of fused-ring (bicyclic) bond motifs is 1. The Labute approximate surface area is 184 Å². The zero-order valence-electron chi connectivity index (χ0n) is 17.9. The van der Waals surface area contributed by atoms with Crippen molar-refractivity contribution in [1.82, 2.24) is 14.5 Å². The molecule has 0 radical (unpaired) electrons. The molecule has 0 unspecified atom stereocenters. The minimum Gasteiger partial charge on any atom is -0.349 e. The van der Waals surface area contributed by atoms with Crippen LogP contribution in [0.15, 0.2) is 34.2 Å². The van der Waals surface area contributed by atoms with E-state index in [1.807, 2.05) is 45.0 Å². The minimum atomic E-state index is -0.141. The van der Waals surface area contributed by atoms with Gasteiger partial charge in [-0.3, -0.25) is 14.2 Å². The number of amides is 1. The Morgan fingerprint density at radius 3 is 2.63 bits per heavy atom. The van der Waals surface area contributed by atoms with Crippen LogP contribution in [-0.2, 0) is 4.79 Å². The van der Waals surface area contributed by atoms with Crippen molar-refractivity contribution >= 4 is 50.2 Å². The molecule has 0 aliphatic heterocycles. The lowest BCUT2D eigenvalue weighted by Crippen LogP contribution is -2.25. The molecule has 30 heavy (non-hydrogen) atoms. The predicted molar refractivity (Wildman–Crippen MR) is 126 cm³/mol. The molecule has 0 atom stereocenters. The van der Waals surface area contributed by atoms with Crippen LogP contribution in [0.2, 0.25) is 0 Å². The zero-order chi connectivity index (χ0) is 21.8. The number of anilines is 2. The normalized spacial score (nSPS) is 11.3. The fourth-order valence-electron chi connectivity index (χ4n) is 3.09. The first kappa shape index (κ1) is 22.3. The van der Waals surface area contributed by atoms with Crippen molar-refractivity contribution in [3.05, 3.63) is 40.2 Å². The van der Waals surface area contributed by atoms with Crippen LogP contribution in [0.5, 0.6) is 0 Å². The van der Waals surface area contributed by atoms with E-state index in [-0.39, 0.29) is 23.3 Å². The van der Waals surface area contributed by atoms with Gasteiger partial charge in [0.05, 0.1) is 5.75 Å². The van der Waals surface area contributed by atoms with Gasteiger partial charge in [-0.2, -0.15) is 4.98 Å². The molecule has 1 aromatic carbocycles. The second kappa shape index (κ2) is 9.61. The number of thioether (sulfide) groups is 1. The molecule has 1 amide bonds. The molecule has 7 nitrogen and oxygen atoms in total. The molecule has 9 heteroatoms. The summed E-state index contributed by atoms with van der Waals surface area (Å²) in [6.45, 7) is 11.6. The highest BCUT2D eigenvalue weighted by molar-refractivity contribution is 7.99. The highest BCUT2D eigenvalue weighted by Gasteiger charge is 2.20. The van der Waals surface area contributed by atoms with Crippen molar-refractivity contribution in [3.8, 4) is 0 Å². The van der Waals surface area contributed by atoms with Crippen molar-refractivity contribution in [2.45, 2.75) is 45.8 Å². The van der Waals surface area contributed by atoms with Gasteiger partial charge in [-0.1, -0.05) is 35.2 Å². The van der Waals surface area contributed by atoms with E-state index in [1.54, 1.807) is 4.57 Å². The van der Waals surface area contributed by atoms with Crippen LogP contribution < -0.4 is 15.8 Å². The topological polar surface area (TPSA) is 80.1 Å². The first-order valence-electron chi connectivity index (χ1n) is 10.0. The van der Waals surface area contributed by atoms with E-state index in [9.17, 15) is 9.59 Å². The molecule has 0 spiro atoms. The fraction of sp³-hybridized carbons (Fsp3) is 0.429. The lowest BCUT2D eigenvalue weighted by molar-refractivity contribution is -0.113. The monoisotopic (exact) mass is 445 g/mol. The summed E-state index contributed by atoms with van der Waals surface area (Å²) in [6, 6.07) is 7.58. The summed E-state index contributed by atoms with van der Waals surface area (Å²) in [5, 5.41) is 4.21. The molecule has 2 heterocycles. The van der Waals surface area contributed by atoms with Crippen LogP contribution in [0.25, 0.3) is 10.3 Å². The lowest BCUT2D eigenvalue weighted by Gasteiger charge is -2.15. The summed E-state index contributed by atoms with van der Waals surface area (Å²) in [5.74, 6) is 0.0170. The number of nitrogens with zero attached hydrogens (tertiary/aromatic N) is 4. The maximum Gasteiger partial charge on any atom is 0.274 e. The SMILES string of the molecule is CCN(CC)c1nc2nc(SCC(=O)Nc3cccc(C)c3)n(C(C)C)c(=O)c2s1. The van der Waals surface area contributed by atoms with E-state index in [1.165, 1.54) is 23.1 Å². The molecule has 0 bridgehead atoms. The molecule has 1 N–H and O–H groups in total. The van der Waals surface area contributed by atoms with Gasteiger partial charge in [0.25, 0.3) is 5.56 Å². The summed E-state index contributed by atoms with van der Waals surface area (Å²) in [4.78, 5) is 36.9. The average molecular weight is 446 g/mol. The number of nitrogens with one attached hydrogen (secondary N) is 1. The van der Waals surface area contributed by atoms with Crippen molar-refractivity contribution in [1.29, 1.82) is 0 Å². The summed E-state index contributed by atoms with van der Waals surface area (Å²) < 4.78 is 2.20. The van der Waals surface area contributed by atoms with Crippen molar-refractivity contribution in [2.75, 3.05) is 29.1 Å². The van der Waals surface area contributed by atoms with Crippen molar-refractivity contribution < 1.29 is 4.79 Å². The number of aromatic nitrogens is 3. The van der Waals surface area contributed by atoms with Crippen LogP contribution in [0.4, 0.5) is 10.8 Å². The first-order chi connectivity index (χ1) is 14.3. The first-order valence-corrected chi connectivity index (χ1v) is 11.8. The molecule has 3 aromatic rings. The van der Waals surface area contributed by atoms with Gasteiger partial charge in [-0.25, -0.2) is 4.98 Å². The molecule has 0 saturated carbocycles. The molecule has 3 rings (SSSR count). The molecular weight excluding hydrogens is 418 g/mol. The van der Waals surface area contributed by atoms with Gasteiger partial charge < -0.3 is 10.2 Å². The van der Waals surface area contributed by atoms with Gasteiger partial charge in [0.2, 0.25) is 5.91 Å². The molecule has 2 aromatic heterocycles. The van der Waals surface area contributed by atoms with Crippen LogP contribution >= 0.6 is 23.1 Å². The Morgan fingerprint density at radius 1 is 1.27 bits per heavy atom. The molecule has 160 valence electrons. The number of thiazole rings is 1. The number of rotatable bonds is 8. The highest BCUT2D eigenvalue weighted by atomic mass is 32.2. The van der Waals surface area contributed by atoms with E-state index >= 15 is 0 Å². The van der Waals surface area contributed by atoms with E-state index in [2.05, 4.69) is 34.0 Å². The number of aryl methyl sites for hydroxylation is 1. The number of benzene rings is 1. The summed E-state index contributed by atoms with van der Waals surface area (Å²) in [6.07, 6.45) is 0. The fourth-order valence-corrected chi connectivity index (χ4v) is 5.08. The van der Waals surface area contributed by atoms with Gasteiger partial charge in [0.1, 0.15) is 4.70 Å². The average Bonchev–Trinajstić information content (AvgIpc) is 3.11. The van der Waals surface area contributed by atoms with Crippen molar-refractivity contribution in [3.63, 3.8) is 0 Å². The summed E-state index contributed by atoms with van der Waals surface area (Å²) in [5.41, 5.74) is 2.18. The third-order valence-corrected chi connectivity index (χ3v) is 6.65. The minimum absolute atomic E-state index is 0.0734. The van der Waals surface area contributed by atoms with Gasteiger partial charge in [0, 0.05) is 24.8 Å². The Balaban J connectivity index is 1.87.